The van der Waals surface area contributed by atoms with Gasteiger partial charge in [0.1, 0.15) is 11.9 Å². The third-order valence-corrected chi connectivity index (χ3v) is 6.98. The van der Waals surface area contributed by atoms with E-state index in [1.807, 2.05) is 0 Å². The number of hydrogen-bond donors (Lipinski definition) is 1. The molecule has 1 aromatic heterocycles. The number of ether oxygens (including phenoxy) is 2. The van der Waals surface area contributed by atoms with Gasteiger partial charge in [-0.1, -0.05) is 12.1 Å². The minimum absolute atomic E-state index is 0.104. The molecule has 1 amide bonds. The van der Waals surface area contributed by atoms with Crippen LogP contribution in [-0.4, -0.2) is 61.4 Å². The van der Waals surface area contributed by atoms with Gasteiger partial charge < -0.3 is 14.4 Å². The Hall–Kier alpha value is -2.86. The second kappa shape index (κ2) is 9.18. The summed E-state index contributed by atoms with van der Waals surface area (Å²) in [7, 11) is -3.75. The number of nitrogens with zero attached hydrogens (tertiary/aromatic N) is 2. The molecule has 12 heteroatoms. The van der Waals surface area contributed by atoms with Crippen LogP contribution in [0.5, 0.6) is 17.5 Å². The number of amides is 1. The molecule has 0 aliphatic carbocycles. The van der Waals surface area contributed by atoms with E-state index in [1.54, 1.807) is 24.3 Å². The number of sulfonamides is 1. The van der Waals surface area contributed by atoms with Crippen molar-refractivity contribution < 1.29 is 35.9 Å². The van der Waals surface area contributed by atoms with Crippen molar-refractivity contribution in [2.75, 3.05) is 18.9 Å². The predicted octanol–water partition coefficient (Wildman–Crippen LogP) is 2.60. The maximum absolute atomic E-state index is 14.9. The first-order chi connectivity index (χ1) is 15.7. The Morgan fingerprint density at radius 1 is 1.27 bits per heavy atom. The fraction of sp³-hybridized carbons (Fsp3) is 0.429. The van der Waals surface area contributed by atoms with Gasteiger partial charge >= 0.3 is 0 Å². The summed E-state index contributed by atoms with van der Waals surface area (Å²) in [5.41, 5.74) is 0.156. The quantitative estimate of drug-likeness (QED) is 0.715. The molecule has 0 unspecified atom stereocenters. The number of pyridine rings is 1. The molecule has 3 atom stereocenters. The molecule has 2 aromatic rings. The molecular weight excluding hydrogens is 463 g/mol. The molecule has 2 aliphatic heterocycles. The summed E-state index contributed by atoms with van der Waals surface area (Å²) < 4.78 is 79.4. The Labute approximate surface area is 188 Å². The van der Waals surface area contributed by atoms with Crippen molar-refractivity contribution >= 4 is 15.9 Å². The Morgan fingerprint density at radius 3 is 2.79 bits per heavy atom. The van der Waals surface area contributed by atoms with Crippen molar-refractivity contribution in [1.29, 1.82) is 0 Å². The highest BCUT2D eigenvalue weighted by Gasteiger charge is 2.46. The van der Waals surface area contributed by atoms with Crippen LogP contribution in [0.1, 0.15) is 24.5 Å². The van der Waals surface area contributed by atoms with Crippen LogP contribution in [0.2, 0.25) is 0 Å². The van der Waals surface area contributed by atoms with E-state index >= 15 is 0 Å². The van der Waals surface area contributed by atoms with E-state index in [4.69, 9.17) is 9.47 Å². The lowest BCUT2D eigenvalue weighted by molar-refractivity contribution is -0.134. The number of alkyl halides is 3. The van der Waals surface area contributed by atoms with Crippen LogP contribution in [0, 0.1) is 0 Å². The fourth-order valence-corrected chi connectivity index (χ4v) is 4.79. The Morgan fingerprint density at radius 2 is 2.06 bits per heavy atom. The van der Waals surface area contributed by atoms with Gasteiger partial charge in [0.15, 0.2) is 6.61 Å². The van der Waals surface area contributed by atoms with Crippen molar-refractivity contribution in [2.45, 2.75) is 38.0 Å². The van der Waals surface area contributed by atoms with Gasteiger partial charge in [0.2, 0.25) is 21.8 Å². The van der Waals surface area contributed by atoms with Crippen LogP contribution in [0.3, 0.4) is 0 Å². The molecule has 0 radical (unpaired) electrons. The lowest BCUT2D eigenvalue weighted by Gasteiger charge is -2.28. The number of halogens is 3. The van der Waals surface area contributed by atoms with E-state index < -0.39 is 52.8 Å². The molecule has 1 N–H and O–H groups in total. The summed E-state index contributed by atoms with van der Waals surface area (Å²) in [6.45, 7) is 0.582. The molecule has 2 aliphatic rings. The minimum atomic E-state index is -3.75. The zero-order chi connectivity index (χ0) is 23.8. The molecule has 4 rings (SSSR count). The van der Waals surface area contributed by atoms with E-state index in [2.05, 4.69) is 9.71 Å². The average molecular weight is 485 g/mol. The summed E-state index contributed by atoms with van der Waals surface area (Å²) in [5.74, 6) is -1.09. The normalized spacial score (nSPS) is 23.1. The van der Waals surface area contributed by atoms with Gasteiger partial charge in [-0.15, -0.1) is 0 Å². The number of aromatic nitrogens is 1. The zero-order valence-electron chi connectivity index (χ0n) is 17.6. The zero-order valence-corrected chi connectivity index (χ0v) is 18.4. The lowest BCUT2D eigenvalue weighted by Crippen LogP contribution is -2.50. The van der Waals surface area contributed by atoms with Gasteiger partial charge in [0.25, 0.3) is 12.3 Å². The summed E-state index contributed by atoms with van der Waals surface area (Å²) in [4.78, 5) is 18.1. The minimum Gasteiger partial charge on any atom is -0.467 e. The standard InChI is InChI=1S/C21H22F3N3O5S/c1-2-33(29,30)26-19-15(22)10-27-16(19)9-12-4-3-5-13(8-12)32-21-14(20(23)24)6-7-17(25-21)31-11-18(27)28/h3-8,15-16,19-20,26H,2,9-11H2,1H3/t15-,16-,19-/m0/s1. The van der Waals surface area contributed by atoms with Gasteiger partial charge in [-0.2, -0.15) is 4.98 Å². The van der Waals surface area contributed by atoms with Gasteiger partial charge in [-0.05, 0) is 37.1 Å². The van der Waals surface area contributed by atoms with Crippen molar-refractivity contribution in [2.24, 2.45) is 0 Å². The topological polar surface area (TPSA) is 97.8 Å². The van der Waals surface area contributed by atoms with E-state index in [1.165, 1.54) is 17.9 Å². The Balaban J connectivity index is 1.74. The maximum atomic E-state index is 14.9. The highest BCUT2D eigenvalue weighted by molar-refractivity contribution is 7.89. The summed E-state index contributed by atoms with van der Waals surface area (Å²) in [5, 5.41) is 0. The first kappa shape index (κ1) is 23.3. The monoisotopic (exact) mass is 485 g/mol. The van der Waals surface area contributed by atoms with Gasteiger partial charge in [-0.25, -0.2) is 26.3 Å². The second-order valence-corrected chi connectivity index (χ2v) is 9.81. The number of carbonyl (C=O) groups excluding carboxylic acids is 1. The molecule has 33 heavy (non-hydrogen) atoms. The number of carbonyl (C=O) groups is 1. The van der Waals surface area contributed by atoms with Crippen LogP contribution < -0.4 is 14.2 Å². The third-order valence-electron chi connectivity index (χ3n) is 5.59. The first-order valence-corrected chi connectivity index (χ1v) is 11.9. The number of rotatable bonds is 4. The first-order valence-electron chi connectivity index (χ1n) is 10.3. The van der Waals surface area contributed by atoms with Crippen LogP contribution >= 0.6 is 0 Å². The summed E-state index contributed by atoms with van der Waals surface area (Å²) in [6.07, 6.45) is -4.36. The van der Waals surface area contributed by atoms with Gasteiger partial charge in [-0.3, -0.25) is 4.79 Å². The van der Waals surface area contributed by atoms with Crippen LogP contribution in [0.25, 0.3) is 0 Å². The smallest absolute Gasteiger partial charge is 0.269 e. The molecule has 0 spiro atoms. The largest absolute Gasteiger partial charge is 0.467 e. The average Bonchev–Trinajstić information content (AvgIpc) is 3.06. The number of nitrogens with one attached hydrogen (secondary N) is 1. The van der Waals surface area contributed by atoms with E-state index in [0.717, 1.165) is 6.07 Å². The van der Waals surface area contributed by atoms with Crippen LogP contribution in [-0.2, 0) is 21.2 Å². The van der Waals surface area contributed by atoms with Gasteiger partial charge in [0.05, 0.1) is 29.9 Å². The molecule has 1 aromatic carbocycles. The predicted molar refractivity (Wildman–Crippen MR) is 112 cm³/mol. The number of fused-ring (bicyclic) bond motifs is 5. The molecule has 0 saturated carbocycles. The molecule has 8 nitrogen and oxygen atoms in total. The van der Waals surface area contributed by atoms with Crippen LogP contribution in [0.4, 0.5) is 13.2 Å². The van der Waals surface area contributed by atoms with Crippen molar-refractivity contribution in [3.63, 3.8) is 0 Å². The molecular formula is C21H22F3N3O5S. The summed E-state index contributed by atoms with van der Waals surface area (Å²) in [6, 6.07) is 6.71. The SMILES string of the molecule is CCS(=O)(=O)N[C@H]1[C@@H](F)CN2C(=O)COc3ccc(C(F)F)c(n3)Oc3cccc(c3)C[C@@H]12. The molecule has 4 bridgehead atoms. The molecule has 1 fully saturated rings. The molecule has 3 heterocycles. The summed E-state index contributed by atoms with van der Waals surface area (Å²) >= 11 is 0. The van der Waals surface area contributed by atoms with Crippen molar-refractivity contribution in [3.8, 4) is 17.5 Å². The van der Waals surface area contributed by atoms with Crippen molar-refractivity contribution in [1.82, 2.24) is 14.6 Å². The lowest BCUT2D eigenvalue weighted by atomic mass is 10.00. The van der Waals surface area contributed by atoms with E-state index in [-0.39, 0.29) is 36.2 Å². The van der Waals surface area contributed by atoms with Crippen LogP contribution in [0.15, 0.2) is 36.4 Å². The number of hydrogen-bond acceptors (Lipinski definition) is 6. The maximum Gasteiger partial charge on any atom is 0.269 e. The highest BCUT2D eigenvalue weighted by Crippen LogP contribution is 2.34. The molecule has 1 saturated heterocycles. The highest BCUT2D eigenvalue weighted by atomic mass is 32.2. The van der Waals surface area contributed by atoms with Gasteiger partial charge in [0, 0.05) is 6.07 Å². The second-order valence-electron chi connectivity index (χ2n) is 7.76. The Kier molecular flexibility index (Phi) is 6.48. The van der Waals surface area contributed by atoms with Crippen molar-refractivity contribution in [3.05, 3.63) is 47.5 Å². The third kappa shape index (κ3) is 5.06. The number of benzene rings is 1. The Bertz CT molecular complexity index is 1150. The fourth-order valence-electron chi connectivity index (χ4n) is 3.91. The van der Waals surface area contributed by atoms with E-state index in [9.17, 15) is 26.4 Å². The molecule has 178 valence electrons. The van der Waals surface area contributed by atoms with E-state index in [0.29, 0.717) is 5.56 Å².